The summed E-state index contributed by atoms with van der Waals surface area (Å²) in [5.74, 6) is 0.215. The number of nitrogens with zero attached hydrogens (tertiary/aromatic N) is 4. The monoisotopic (exact) mass is 978 g/mol. The van der Waals surface area contributed by atoms with Crippen molar-refractivity contribution >= 4 is 35.1 Å². The van der Waals surface area contributed by atoms with Crippen LogP contribution in [0.1, 0.15) is 87.4 Å². The van der Waals surface area contributed by atoms with Gasteiger partial charge in [0, 0.05) is 40.8 Å². The summed E-state index contributed by atoms with van der Waals surface area (Å²) in [7, 11) is 0. The van der Waals surface area contributed by atoms with Gasteiger partial charge in [0.1, 0.15) is 11.5 Å². The van der Waals surface area contributed by atoms with E-state index in [4.69, 9.17) is 57.1 Å². The number of carboxylic acid groups (broad SMARTS) is 2. The zero-order valence-electron chi connectivity index (χ0n) is 39.4. The third-order valence-corrected chi connectivity index (χ3v) is 13.9. The highest BCUT2D eigenvalue weighted by Crippen LogP contribution is 2.34. The van der Waals surface area contributed by atoms with E-state index in [1.54, 1.807) is 10.7 Å². The molecule has 0 bridgehead atoms. The number of carboxylic acids is 2. The second-order valence-electron chi connectivity index (χ2n) is 18.8. The molecule has 3 heterocycles. The van der Waals surface area contributed by atoms with Gasteiger partial charge >= 0.3 is 11.9 Å². The molecule has 1 unspecified atom stereocenters. The van der Waals surface area contributed by atoms with Gasteiger partial charge in [-0.15, -0.1) is 0 Å². The molecular formula is C54H60Cl2N4O9. The van der Waals surface area contributed by atoms with Crippen molar-refractivity contribution in [2.24, 2.45) is 11.8 Å². The van der Waals surface area contributed by atoms with Gasteiger partial charge in [0.15, 0.2) is 11.2 Å². The Morgan fingerprint density at radius 2 is 1.17 bits per heavy atom. The first kappa shape index (κ1) is 49.7. The first-order valence-electron chi connectivity index (χ1n) is 23.6. The van der Waals surface area contributed by atoms with Crippen LogP contribution < -0.4 is 9.47 Å². The van der Waals surface area contributed by atoms with E-state index in [0.717, 1.165) is 65.6 Å². The summed E-state index contributed by atoms with van der Waals surface area (Å²) in [5.41, 5.74) is 3.32. The van der Waals surface area contributed by atoms with Crippen LogP contribution in [0.3, 0.4) is 0 Å². The molecule has 13 nitrogen and oxygen atoms in total. The van der Waals surface area contributed by atoms with Crippen molar-refractivity contribution in [3.8, 4) is 34.0 Å². The zero-order chi connectivity index (χ0) is 48.5. The fraction of sp³-hybridized carbons (Fsp3) is 0.407. The van der Waals surface area contributed by atoms with E-state index >= 15 is 0 Å². The Bertz CT molecular complexity index is 2720. The van der Waals surface area contributed by atoms with Gasteiger partial charge in [0.25, 0.3) is 0 Å². The lowest BCUT2D eigenvalue weighted by atomic mass is 9.95. The number of carbonyl (C=O) groups is 2. The number of hydrogen-bond donors (Lipinski definition) is 2. The summed E-state index contributed by atoms with van der Waals surface area (Å²) in [6.45, 7) is 7.72. The number of rotatable bonds is 22. The second kappa shape index (κ2) is 22.4. The van der Waals surface area contributed by atoms with Crippen LogP contribution >= 0.6 is 23.2 Å². The Labute approximate surface area is 413 Å². The molecule has 1 aliphatic carbocycles. The highest BCUT2D eigenvalue weighted by atomic mass is 35.5. The molecule has 364 valence electrons. The number of halogens is 2. The number of aliphatic carboxylic acids is 2. The van der Waals surface area contributed by atoms with E-state index in [0.29, 0.717) is 64.2 Å². The lowest BCUT2D eigenvalue weighted by Crippen LogP contribution is -2.40. The van der Waals surface area contributed by atoms with Crippen molar-refractivity contribution in [1.82, 2.24) is 19.6 Å². The maximum Gasteiger partial charge on any atom is 0.336 e. The van der Waals surface area contributed by atoms with Crippen molar-refractivity contribution in [2.45, 2.75) is 103 Å². The first-order chi connectivity index (χ1) is 33.2. The lowest BCUT2D eigenvalue weighted by molar-refractivity contribution is -0.165. The number of benzene rings is 4. The Morgan fingerprint density at radius 1 is 0.652 bits per heavy atom. The molecule has 6 aromatic rings. The van der Waals surface area contributed by atoms with Crippen LogP contribution in [-0.2, 0) is 56.5 Å². The number of ether oxygens (including phenoxy) is 5. The molecule has 2 N–H and O–H groups in total. The molecule has 69 heavy (non-hydrogen) atoms. The third-order valence-electron chi connectivity index (χ3n) is 13.1. The number of aromatic nitrogens is 4. The lowest BCUT2D eigenvalue weighted by Gasteiger charge is -2.26. The second-order valence-corrected chi connectivity index (χ2v) is 19.6. The molecular weight excluding hydrogens is 920 g/mol. The van der Waals surface area contributed by atoms with Crippen LogP contribution in [0.2, 0.25) is 10.0 Å². The Balaban J connectivity index is 1.02. The van der Waals surface area contributed by atoms with E-state index in [2.05, 4.69) is 0 Å². The minimum atomic E-state index is -1.70. The predicted molar refractivity (Wildman–Crippen MR) is 264 cm³/mol. The molecule has 1 saturated carbocycles. The molecule has 8 rings (SSSR count). The summed E-state index contributed by atoms with van der Waals surface area (Å²) >= 11 is 13.8. The molecule has 2 fully saturated rings. The summed E-state index contributed by atoms with van der Waals surface area (Å²) in [6.07, 6.45) is 6.67. The average molecular weight is 980 g/mol. The van der Waals surface area contributed by atoms with Crippen molar-refractivity contribution in [3.63, 3.8) is 0 Å². The maximum absolute atomic E-state index is 13.1. The van der Waals surface area contributed by atoms with Crippen LogP contribution in [0.4, 0.5) is 0 Å². The van der Waals surface area contributed by atoms with Gasteiger partial charge in [-0.2, -0.15) is 10.2 Å². The van der Waals surface area contributed by atoms with Gasteiger partial charge in [-0.25, -0.2) is 9.59 Å². The molecule has 4 aromatic carbocycles. The third kappa shape index (κ3) is 12.7. The zero-order valence-corrected chi connectivity index (χ0v) is 40.9. The quantitative estimate of drug-likeness (QED) is 0.0667. The first-order valence-corrected chi connectivity index (χ1v) is 24.4. The largest absolute Gasteiger partial charge is 0.493 e. The van der Waals surface area contributed by atoms with Crippen LogP contribution in [0.5, 0.6) is 11.5 Å². The van der Waals surface area contributed by atoms with Crippen LogP contribution in [0, 0.1) is 11.8 Å². The fourth-order valence-electron chi connectivity index (χ4n) is 8.74. The van der Waals surface area contributed by atoms with E-state index in [1.807, 2.05) is 102 Å². The van der Waals surface area contributed by atoms with Crippen LogP contribution in [-0.4, -0.2) is 79.3 Å². The van der Waals surface area contributed by atoms with Crippen LogP contribution in [0.25, 0.3) is 22.5 Å². The Morgan fingerprint density at radius 3 is 1.75 bits per heavy atom. The van der Waals surface area contributed by atoms with Gasteiger partial charge in [-0.3, -0.25) is 9.36 Å². The summed E-state index contributed by atoms with van der Waals surface area (Å²) in [5, 5.41) is 31.2. The van der Waals surface area contributed by atoms with E-state index in [1.165, 1.54) is 46.5 Å². The molecule has 1 aliphatic heterocycles. The van der Waals surface area contributed by atoms with Crippen molar-refractivity contribution in [2.75, 3.05) is 26.4 Å². The van der Waals surface area contributed by atoms with Gasteiger partial charge in [-0.1, -0.05) is 96.7 Å². The average Bonchev–Trinajstić information content (AvgIpc) is 4.12. The smallest absolute Gasteiger partial charge is 0.336 e. The highest BCUT2D eigenvalue weighted by molar-refractivity contribution is 6.32. The minimum Gasteiger partial charge on any atom is -0.493 e. The molecule has 1 atom stereocenters. The SMILES string of the molecule is CC(C)(OCc1cc(-c2cccc(OCC3CCCC3)c2)n(Cc2cccc(CC(C)(OCc3cc(-c4cccc(OCC5CCOCC5)c4)n(Cc4ccccc4Cl)n3)C(=O)O)c2Cl)n1)C(=O)O. The summed E-state index contributed by atoms with van der Waals surface area (Å²) < 4.78 is 33.8. The molecule has 2 aliphatic rings. The summed E-state index contributed by atoms with van der Waals surface area (Å²) in [6, 6.07) is 32.6. The van der Waals surface area contributed by atoms with Gasteiger partial charge in [-0.05, 0) is 117 Å². The van der Waals surface area contributed by atoms with Crippen LogP contribution in [0.15, 0.2) is 103 Å². The Hall–Kier alpha value is -5.70. The molecule has 0 radical (unpaired) electrons. The molecule has 0 spiro atoms. The predicted octanol–water partition coefficient (Wildman–Crippen LogP) is 11.2. The normalized spacial score (nSPS) is 15.6. The van der Waals surface area contributed by atoms with Gasteiger partial charge in [0.05, 0.1) is 62.3 Å². The molecule has 2 aromatic heterocycles. The molecule has 0 amide bonds. The van der Waals surface area contributed by atoms with Crippen molar-refractivity contribution in [3.05, 3.63) is 141 Å². The number of hydrogen-bond acceptors (Lipinski definition) is 9. The van der Waals surface area contributed by atoms with Gasteiger partial charge in [0.2, 0.25) is 0 Å². The van der Waals surface area contributed by atoms with Gasteiger partial charge < -0.3 is 33.9 Å². The van der Waals surface area contributed by atoms with E-state index < -0.39 is 23.1 Å². The Kier molecular flexibility index (Phi) is 16.1. The summed E-state index contributed by atoms with van der Waals surface area (Å²) in [4.78, 5) is 25.0. The topological polar surface area (TPSA) is 156 Å². The standard InChI is InChI=1S/C54H60Cl2N4O9/c1-53(2,51(61)62)68-34-43-27-49(39-15-10-18-45(26-39)66-32-36-11-4-5-12-36)60(57-43)31-42-17-8-16-40(50(42)56)29-54(3,52(63)64)69-35-44-28-48(59(58-44)30-41-13-6-7-20-47(41)55)38-14-9-19-46(25-38)67-33-37-21-23-65-24-22-37/h6-10,13-20,25-28,36-37H,4-5,11-12,21-24,29-35H2,1-3H3,(H,61,62)(H,63,64). The fourth-order valence-corrected chi connectivity index (χ4v) is 9.19. The molecule has 15 heteroatoms. The maximum atomic E-state index is 13.1. The minimum absolute atomic E-state index is 0.0450. The van der Waals surface area contributed by atoms with Crippen molar-refractivity contribution < 1.29 is 43.5 Å². The van der Waals surface area contributed by atoms with E-state index in [9.17, 15) is 19.8 Å². The van der Waals surface area contributed by atoms with E-state index in [-0.39, 0.29) is 26.2 Å². The van der Waals surface area contributed by atoms with Crippen molar-refractivity contribution in [1.29, 1.82) is 0 Å². The highest BCUT2D eigenvalue weighted by Gasteiger charge is 2.36. The molecule has 1 saturated heterocycles.